The monoisotopic (exact) mass is 528 g/mol. The number of benzene rings is 3. The average Bonchev–Trinajstić information content (AvgIpc) is 3.07. The smallest absolute Gasteiger partial charge is 0.285 e. The molecule has 1 saturated heterocycles. The van der Waals surface area contributed by atoms with Gasteiger partial charge >= 0.3 is 0 Å². The summed E-state index contributed by atoms with van der Waals surface area (Å²) >= 11 is 18.5. The van der Waals surface area contributed by atoms with Crippen molar-refractivity contribution in [3.8, 4) is 5.75 Å². The SMILES string of the molecule is Cc1ccc(C(=O)NN2C(=O)/C(=C\c3ccc(OCc4ccc(Cl)cc4)cc3)SC2=S)c(Cl)c1. The van der Waals surface area contributed by atoms with Crippen LogP contribution in [0.15, 0.2) is 71.6 Å². The maximum atomic E-state index is 12.8. The maximum absolute atomic E-state index is 12.8. The number of thiocarbonyl (C=S) groups is 1. The van der Waals surface area contributed by atoms with Gasteiger partial charge < -0.3 is 4.74 Å². The number of thioether (sulfide) groups is 1. The number of hydrogen-bond donors (Lipinski definition) is 1. The number of hydrogen-bond acceptors (Lipinski definition) is 5. The molecule has 9 heteroatoms. The van der Waals surface area contributed by atoms with E-state index in [1.54, 1.807) is 24.3 Å². The highest BCUT2D eigenvalue weighted by atomic mass is 35.5. The molecule has 3 aromatic carbocycles. The van der Waals surface area contributed by atoms with Crippen LogP contribution in [0.25, 0.3) is 6.08 Å². The fourth-order valence-electron chi connectivity index (χ4n) is 3.09. The Hall–Kier alpha value is -2.84. The lowest BCUT2D eigenvalue weighted by molar-refractivity contribution is -0.123. The lowest BCUT2D eigenvalue weighted by atomic mass is 10.1. The molecule has 1 aliphatic heterocycles. The minimum Gasteiger partial charge on any atom is -0.489 e. The van der Waals surface area contributed by atoms with Gasteiger partial charge in [-0.15, -0.1) is 0 Å². The molecule has 0 bridgehead atoms. The third-order valence-electron chi connectivity index (χ3n) is 4.87. The summed E-state index contributed by atoms with van der Waals surface area (Å²) in [5.74, 6) is -0.221. The van der Waals surface area contributed by atoms with Crippen LogP contribution >= 0.6 is 47.2 Å². The van der Waals surface area contributed by atoms with Crippen LogP contribution in [0.3, 0.4) is 0 Å². The molecule has 172 valence electrons. The Morgan fingerprint density at radius 1 is 1.09 bits per heavy atom. The molecule has 0 aromatic heterocycles. The molecule has 1 heterocycles. The van der Waals surface area contributed by atoms with Crippen LogP contribution in [-0.2, 0) is 11.4 Å². The van der Waals surface area contributed by atoms with E-state index in [-0.39, 0.29) is 9.88 Å². The van der Waals surface area contributed by atoms with Gasteiger partial charge in [0.15, 0.2) is 4.32 Å². The van der Waals surface area contributed by atoms with E-state index >= 15 is 0 Å². The van der Waals surface area contributed by atoms with Crippen LogP contribution in [0.4, 0.5) is 0 Å². The van der Waals surface area contributed by atoms with Crippen LogP contribution in [0.2, 0.25) is 10.0 Å². The molecule has 3 aromatic rings. The summed E-state index contributed by atoms with van der Waals surface area (Å²) < 4.78 is 6.02. The molecule has 34 heavy (non-hydrogen) atoms. The molecular formula is C25H18Cl2N2O3S2. The molecule has 0 aliphatic carbocycles. The van der Waals surface area contributed by atoms with E-state index in [2.05, 4.69) is 5.43 Å². The molecule has 0 unspecified atom stereocenters. The minimum atomic E-state index is -0.510. The van der Waals surface area contributed by atoms with E-state index in [9.17, 15) is 9.59 Å². The number of ether oxygens (including phenoxy) is 1. The van der Waals surface area contributed by atoms with Crippen molar-refractivity contribution in [3.63, 3.8) is 0 Å². The van der Waals surface area contributed by atoms with Gasteiger partial charge in [0.2, 0.25) is 0 Å². The summed E-state index contributed by atoms with van der Waals surface area (Å²) in [6.07, 6.45) is 1.72. The Morgan fingerprint density at radius 3 is 2.47 bits per heavy atom. The Kier molecular flexibility index (Phi) is 7.58. The van der Waals surface area contributed by atoms with E-state index < -0.39 is 11.8 Å². The Morgan fingerprint density at radius 2 is 1.79 bits per heavy atom. The van der Waals surface area contributed by atoms with Crippen molar-refractivity contribution >= 4 is 69.4 Å². The fourth-order valence-corrected chi connectivity index (χ4v) is 4.72. The van der Waals surface area contributed by atoms with Gasteiger partial charge in [-0.2, -0.15) is 5.01 Å². The first-order valence-electron chi connectivity index (χ1n) is 10.1. The predicted molar refractivity (Wildman–Crippen MR) is 141 cm³/mol. The highest BCUT2D eigenvalue weighted by Crippen LogP contribution is 2.32. The molecule has 4 rings (SSSR count). The molecule has 0 atom stereocenters. The minimum absolute atomic E-state index is 0.232. The normalized spacial score (nSPS) is 14.6. The van der Waals surface area contributed by atoms with Crippen molar-refractivity contribution in [2.45, 2.75) is 13.5 Å². The van der Waals surface area contributed by atoms with E-state index in [0.717, 1.165) is 33.5 Å². The second kappa shape index (κ2) is 10.6. The zero-order chi connectivity index (χ0) is 24.2. The lowest BCUT2D eigenvalue weighted by Gasteiger charge is -2.16. The molecular weight excluding hydrogens is 511 g/mol. The number of nitrogens with one attached hydrogen (secondary N) is 1. The quantitative estimate of drug-likeness (QED) is 0.295. The number of aryl methyl sites for hydroxylation is 1. The highest BCUT2D eigenvalue weighted by Gasteiger charge is 2.34. The molecule has 0 saturated carbocycles. The third-order valence-corrected chi connectivity index (χ3v) is 6.74. The highest BCUT2D eigenvalue weighted by molar-refractivity contribution is 8.26. The summed E-state index contributed by atoms with van der Waals surface area (Å²) in [5, 5.41) is 2.04. The van der Waals surface area contributed by atoms with Crippen molar-refractivity contribution in [2.24, 2.45) is 0 Å². The summed E-state index contributed by atoms with van der Waals surface area (Å²) in [6.45, 7) is 2.29. The fraction of sp³-hybridized carbons (Fsp3) is 0.0800. The molecule has 1 fully saturated rings. The number of amides is 2. The van der Waals surface area contributed by atoms with Crippen LogP contribution < -0.4 is 10.2 Å². The summed E-state index contributed by atoms with van der Waals surface area (Å²) in [6, 6.07) is 19.8. The second-order valence-corrected chi connectivity index (χ2v) is 9.94. The number of carbonyl (C=O) groups excluding carboxylic acids is 2. The number of nitrogens with zero attached hydrogens (tertiary/aromatic N) is 1. The van der Waals surface area contributed by atoms with Crippen LogP contribution in [0.5, 0.6) is 5.75 Å². The first kappa shape index (κ1) is 24.3. The van der Waals surface area contributed by atoms with Crippen LogP contribution in [-0.4, -0.2) is 21.1 Å². The van der Waals surface area contributed by atoms with Crippen LogP contribution in [0.1, 0.15) is 27.0 Å². The molecule has 0 spiro atoms. The first-order valence-corrected chi connectivity index (χ1v) is 12.1. The van der Waals surface area contributed by atoms with Gasteiger partial charge in [-0.25, -0.2) is 0 Å². The van der Waals surface area contributed by atoms with Crippen LogP contribution in [0, 0.1) is 6.92 Å². The van der Waals surface area contributed by atoms with Crippen molar-refractivity contribution in [1.29, 1.82) is 0 Å². The van der Waals surface area contributed by atoms with E-state index in [4.69, 9.17) is 40.2 Å². The molecule has 2 amide bonds. The number of rotatable bonds is 6. The van der Waals surface area contributed by atoms with Gasteiger partial charge in [0.05, 0.1) is 15.5 Å². The van der Waals surface area contributed by atoms with E-state index in [1.165, 1.54) is 0 Å². The standard InChI is InChI=1S/C25H18Cl2N2O3S2/c1-15-2-11-20(21(27)12-15)23(30)28-29-24(31)22(34-25(29)33)13-16-5-9-19(10-6-16)32-14-17-3-7-18(26)8-4-17/h2-13H,14H2,1H3,(H,28,30)/b22-13+. The first-order chi connectivity index (χ1) is 16.3. The number of hydrazine groups is 1. The lowest BCUT2D eigenvalue weighted by Crippen LogP contribution is -2.44. The van der Waals surface area contributed by atoms with Gasteiger partial charge in [0.1, 0.15) is 12.4 Å². The zero-order valence-electron chi connectivity index (χ0n) is 17.9. The Labute approximate surface area is 216 Å². The molecule has 5 nitrogen and oxygen atoms in total. The zero-order valence-corrected chi connectivity index (χ0v) is 21.0. The van der Waals surface area contributed by atoms with Gasteiger partial charge in [0, 0.05) is 5.02 Å². The Balaban J connectivity index is 1.40. The van der Waals surface area contributed by atoms with Gasteiger partial charge in [-0.1, -0.05) is 65.3 Å². The summed E-state index contributed by atoms with van der Waals surface area (Å²) in [5.41, 5.74) is 5.54. The number of halogens is 2. The largest absolute Gasteiger partial charge is 0.489 e. The third kappa shape index (κ3) is 5.80. The van der Waals surface area contributed by atoms with E-state index in [1.807, 2.05) is 55.5 Å². The topological polar surface area (TPSA) is 58.6 Å². The van der Waals surface area contributed by atoms with Gasteiger partial charge in [0.25, 0.3) is 11.8 Å². The second-order valence-electron chi connectivity index (χ2n) is 7.43. The molecule has 1 N–H and O–H groups in total. The van der Waals surface area contributed by atoms with E-state index in [0.29, 0.717) is 27.3 Å². The Bertz CT molecular complexity index is 1290. The average molecular weight is 529 g/mol. The maximum Gasteiger partial charge on any atom is 0.285 e. The summed E-state index contributed by atoms with van der Waals surface area (Å²) in [4.78, 5) is 25.9. The number of carbonyl (C=O) groups is 2. The van der Waals surface area contributed by atoms with Crippen molar-refractivity contribution in [2.75, 3.05) is 0 Å². The molecule has 1 aliphatic rings. The van der Waals surface area contributed by atoms with Crippen molar-refractivity contribution in [3.05, 3.63) is 104 Å². The van der Waals surface area contributed by atoms with Gasteiger partial charge in [-0.05, 0) is 78.3 Å². The van der Waals surface area contributed by atoms with Crippen molar-refractivity contribution < 1.29 is 14.3 Å². The van der Waals surface area contributed by atoms with Gasteiger partial charge in [-0.3, -0.25) is 15.0 Å². The predicted octanol–water partition coefficient (Wildman–Crippen LogP) is 6.43. The summed E-state index contributed by atoms with van der Waals surface area (Å²) in [7, 11) is 0. The van der Waals surface area contributed by atoms with Crippen molar-refractivity contribution in [1.82, 2.24) is 10.4 Å². The molecule has 0 radical (unpaired) electrons.